The Hall–Kier alpha value is -1.00. The molecule has 90 valence electrons. The molecule has 0 unspecified atom stereocenters. The lowest BCUT2D eigenvalue weighted by molar-refractivity contribution is 0.619. The van der Waals surface area contributed by atoms with Gasteiger partial charge in [0.15, 0.2) is 0 Å². The highest BCUT2D eigenvalue weighted by Crippen LogP contribution is 2.06. The molecule has 2 N–H and O–H groups in total. The van der Waals surface area contributed by atoms with Crippen molar-refractivity contribution in [2.24, 2.45) is 0 Å². The van der Waals surface area contributed by atoms with Crippen LogP contribution in [0.2, 0.25) is 0 Å². The highest BCUT2D eigenvalue weighted by Gasteiger charge is 2.03. The van der Waals surface area contributed by atoms with E-state index in [9.17, 15) is 0 Å². The molecule has 16 heavy (non-hydrogen) atoms. The van der Waals surface area contributed by atoms with Crippen LogP contribution in [0.15, 0.2) is 6.07 Å². The average molecular weight is 222 g/mol. The maximum atomic E-state index is 4.21. The molecule has 1 aromatic heterocycles. The third-order valence-electron chi connectivity index (χ3n) is 2.51. The minimum absolute atomic E-state index is 0.892. The van der Waals surface area contributed by atoms with E-state index in [1.165, 1.54) is 5.56 Å². The monoisotopic (exact) mass is 222 g/mol. The van der Waals surface area contributed by atoms with Crippen LogP contribution in [0.25, 0.3) is 0 Å². The maximum Gasteiger partial charge on any atom is 0.0673 e. The molecule has 0 aliphatic rings. The molecule has 4 nitrogen and oxygen atoms in total. The SMILES string of the molecule is CCc1nnc(C)cc1CNCCCNC. The van der Waals surface area contributed by atoms with Crippen LogP contribution >= 0.6 is 0 Å². The van der Waals surface area contributed by atoms with Crippen LogP contribution in [0.3, 0.4) is 0 Å². The first-order chi connectivity index (χ1) is 7.77. The molecule has 0 radical (unpaired) electrons. The summed E-state index contributed by atoms with van der Waals surface area (Å²) in [4.78, 5) is 0. The van der Waals surface area contributed by atoms with Crippen LogP contribution in [0.4, 0.5) is 0 Å². The Morgan fingerprint density at radius 1 is 1.25 bits per heavy atom. The molecule has 0 spiro atoms. The van der Waals surface area contributed by atoms with Gasteiger partial charge in [-0.1, -0.05) is 6.92 Å². The maximum absolute atomic E-state index is 4.21. The average Bonchev–Trinajstić information content (AvgIpc) is 2.29. The van der Waals surface area contributed by atoms with Crippen LogP contribution < -0.4 is 10.6 Å². The van der Waals surface area contributed by atoms with Gasteiger partial charge in [0.1, 0.15) is 0 Å². The molecule has 1 rings (SSSR count). The molecule has 1 heterocycles. The zero-order valence-corrected chi connectivity index (χ0v) is 10.5. The molecule has 0 saturated carbocycles. The lowest BCUT2D eigenvalue weighted by atomic mass is 10.1. The second-order valence-electron chi connectivity index (χ2n) is 3.95. The Morgan fingerprint density at radius 2 is 2.06 bits per heavy atom. The van der Waals surface area contributed by atoms with Crippen LogP contribution in [0.1, 0.15) is 30.3 Å². The van der Waals surface area contributed by atoms with E-state index in [1.54, 1.807) is 0 Å². The van der Waals surface area contributed by atoms with Gasteiger partial charge in [-0.15, -0.1) is 0 Å². The Bertz CT molecular complexity index is 312. The van der Waals surface area contributed by atoms with Crippen molar-refractivity contribution >= 4 is 0 Å². The number of aryl methyl sites for hydroxylation is 2. The van der Waals surface area contributed by atoms with E-state index in [2.05, 4.69) is 33.8 Å². The van der Waals surface area contributed by atoms with Gasteiger partial charge in [-0.2, -0.15) is 10.2 Å². The lowest BCUT2D eigenvalue weighted by Crippen LogP contribution is -2.20. The van der Waals surface area contributed by atoms with Crippen LogP contribution in [-0.4, -0.2) is 30.3 Å². The van der Waals surface area contributed by atoms with Crippen molar-refractivity contribution in [3.8, 4) is 0 Å². The summed E-state index contributed by atoms with van der Waals surface area (Å²) in [5, 5.41) is 14.9. The Balaban J connectivity index is 2.42. The quantitative estimate of drug-likeness (QED) is 0.677. The van der Waals surface area contributed by atoms with Crippen molar-refractivity contribution in [3.05, 3.63) is 23.0 Å². The summed E-state index contributed by atoms with van der Waals surface area (Å²) in [5.74, 6) is 0. The van der Waals surface area contributed by atoms with Gasteiger partial charge >= 0.3 is 0 Å². The topological polar surface area (TPSA) is 49.8 Å². The smallest absolute Gasteiger partial charge is 0.0673 e. The lowest BCUT2D eigenvalue weighted by Gasteiger charge is -2.08. The van der Waals surface area contributed by atoms with E-state index in [1.807, 2.05) is 14.0 Å². The number of hydrogen-bond acceptors (Lipinski definition) is 4. The van der Waals surface area contributed by atoms with Gasteiger partial charge in [0, 0.05) is 6.54 Å². The van der Waals surface area contributed by atoms with E-state index < -0.39 is 0 Å². The van der Waals surface area contributed by atoms with E-state index in [-0.39, 0.29) is 0 Å². The predicted octanol–water partition coefficient (Wildman–Crippen LogP) is 1.05. The van der Waals surface area contributed by atoms with Gasteiger partial charge in [0.05, 0.1) is 11.4 Å². The fourth-order valence-corrected chi connectivity index (χ4v) is 1.63. The molecule has 0 bridgehead atoms. The molecule has 0 atom stereocenters. The normalized spacial score (nSPS) is 10.7. The summed E-state index contributed by atoms with van der Waals surface area (Å²) in [5.41, 5.74) is 3.37. The van der Waals surface area contributed by atoms with Crippen molar-refractivity contribution in [1.82, 2.24) is 20.8 Å². The molecular formula is C12H22N4. The molecule has 0 aliphatic heterocycles. The van der Waals surface area contributed by atoms with Crippen LogP contribution in [-0.2, 0) is 13.0 Å². The van der Waals surface area contributed by atoms with Gasteiger partial charge in [0.2, 0.25) is 0 Å². The molecule has 0 amide bonds. The van der Waals surface area contributed by atoms with Crippen molar-refractivity contribution in [1.29, 1.82) is 0 Å². The summed E-state index contributed by atoms with van der Waals surface area (Å²) in [7, 11) is 1.98. The van der Waals surface area contributed by atoms with Crippen molar-refractivity contribution in [2.75, 3.05) is 20.1 Å². The molecule has 0 saturated heterocycles. The molecule has 0 aliphatic carbocycles. The first-order valence-electron chi connectivity index (χ1n) is 5.95. The molecule has 1 aromatic rings. The second-order valence-corrected chi connectivity index (χ2v) is 3.95. The zero-order valence-electron chi connectivity index (χ0n) is 10.5. The Labute approximate surface area is 97.9 Å². The fourth-order valence-electron chi connectivity index (χ4n) is 1.63. The molecule has 0 fully saturated rings. The summed E-state index contributed by atoms with van der Waals surface area (Å²) >= 11 is 0. The first kappa shape index (κ1) is 13.1. The first-order valence-corrected chi connectivity index (χ1v) is 5.95. The van der Waals surface area contributed by atoms with Crippen LogP contribution in [0.5, 0.6) is 0 Å². The third kappa shape index (κ3) is 4.24. The van der Waals surface area contributed by atoms with E-state index in [0.717, 1.165) is 43.9 Å². The fraction of sp³-hybridized carbons (Fsp3) is 0.667. The minimum Gasteiger partial charge on any atom is -0.320 e. The van der Waals surface area contributed by atoms with E-state index >= 15 is 0 Å². The van der Waals surface area contributed by atoms with Gasteiger partial charge in [-0.25, -0.2) is 0 Å². The van der Waals surface area contributed by atoms with Gasteiger partial charge in [0.25, 0.3) is 0 Å². The number of hydrogen-bond donors (Lipinski definition) is 2. The van der Waals surface area contributed by atoms with Crippen molar-refractivity contribution < 1.29 is 0 Å². The third-order valence-corrected chi connectivity index (χ3v) is 2.51. The summed E-state index contributed by atoms with van der Waals surface area (Å²) in [6.07, 6.45) is 2.09. The Kier molecular flexibility index (Phi) is 5.96. The standard InChI is InChI=1S/C12H22N4/c1-4-12-11(8-10(2)15-16-12)9-14-7-5-6-13-3/h8,13-14H,4-7,9H2,1-3H3. The van der Waals surface area contributed by atoms with E-state index in [0.29, 0.717) is 0 Å². The number of rotatable bonds is 7. The minimum atomic E-state index is 0.892. The van der Waals surface area contributed by atoms with Crippen molar-refractivity contribution in [2.45, 2.75) is 33.2 Å². The molecule has 4 heteroatoms. The van der Waals surface area contributed by atoms with Gasteiger partial charge < -0.3 is 10.6 Å². The zero-order chi connectivity index (χ0) is 11.8. The number of aromatic nitrogens is 2. The summed E-state index contributed by atoms with van der Waals surface area (Å²) in [6.45, 7) is 7.08. The van der Waals surface area contributed by atoms with Crippen LogP contribution in [0, 0.1) is 6.92 Å². The number of nitrogens with one attached hydrogen (secondary N) is 2. The second kappa shape index (κ2) is 7.30. The highest BCUT2D eigenvalue weighted by molar-refractivity contribution is 5.20. The molecular weight excluding hydrogens is 200 g/mol. The van der Waals surface area contributed by atoms with Gasteiger partial charge in [-0.05, 0) is 51.5 Å². The summed E-state index contributed by atoms with van der Waals surface area (Å²) in [6, 6.07) is 2.12. The predicted molar refractivity (Wildman–Crippen MR) is 66.4 cm³/mol. The highest BCUT2D eigenvalue weighted by atomic mass is 15.1. The van der Waals surface area contributed by atoms with Gasteiger partial charge in [-0.3, -0.25) is 0 Å². The largest absolute Gasteiger partial charge is 0.320 e. The van der Waals surface area contributed by atoms with E-state index in [4.69, 9.17) is 0 Å². The Morgan fingerprint density at radius 3 is 2.75 bits per heavy atom. The number of nitrogens with zero attached hydrogens (tertiary/aromatic N) is 2. The summed E-state index contributed by atoms with van der Waals surface area (Å²) < 4.78 is 0. The molecule has 0 aromatic carbocycles. The van der Waals surface area contributed by atoms with Crippen molar-refractivity contribution in [3.63, 3.8) is 0 Å².